The van der Waals surface area contributed by atoms with Gasteiger partial charge in [0, 0.05) is 50.3 Å². The van der Waals surface area contributed by atoms with Crippen LogP contribution in [0.5, 0.6) is 5.75 Å². The van der Waals surface area contributed by atoms with E-state index in [0.29, 0.717) is 17.7 Å². The molecule has 0 saturated carbocycles. The summed E-state index contributed by atoms with van der Waals surface area (Å²) in [5.74, 6) is -1.44. The first-order valence-electron chi connectivity index (χ1n) is 15.1. The van der Waals surface area contributed by atoms with Crippen LogP contribution in [-0.4, -0.2) is 38.8 Å². The summed E-state index contributed by atoms with van der Waals surface area (Å²) in [7, 11) is 0. The normalized spacial score (nSPS) is 10.9. The van der Waals surface area contributed by atoms with Crippen LogP contribution in [0.3, 0.4) is 0 Å². The number of amides is 2. The average Bonchev–Trinajstić information content (AvgIpc) is 3.06. The lowest BCUT2D eigenvalue weighted by atomic mass is 10.1. The van der Waals surface area contributed by atoms with Gasteiger partial charge in [-0.3, -0.25) is 19.2 Å². The van der Waals surface area contributed by atoms with Gasteiger partial charge in [0.15, 0.2) is 11.3 Å². The number of aromatic nitrogens is 2. The monoisotopic (exact) mass is 622 g/mol. The molecule has 236 valence electrons. The van der Waals surface area contributed by atoms with Crippen LogP contribution in [0.2, 0.25) is 0 Å². The molecule has 0 aliphatic carbocycles. The van der Waals surface area contributed by atoms with Gasteiger partial charge in [0.1, 0.15) is 18.0 Å². The number of hydrogen-bond donors (Lipinski definition) is 1. The Morgan fingerprint density at radius 3 is 2.39 bits per heavy atom. The predicted octanol–water partition coefficient (Wildman–Crippen LogP) is 4.97. The Morgan fingerprint density at radius 2 is 1.67 bits per heavy atom. The van der Waals surface area contributed by atoms with Gasteiger partial charge in [-0.25, -0.2) is 4.39 Å². The molecular weight excluding hydrogens is 587 g/mol. The van der Waals surface area contributed by atoms with Gasteiger partial charge in [0.2, 0.25) is 5.43 Å². The van der Waals surface area contributed by atoms with Crippen molar-refractivity contribution >= 4 is 17.3 Å². The summed E-state index contributed by atoms with van der Waals surface area (Å²) in [6.07, 6.45) is 5.18. The van der Waals surface area contributed by atoms with E-state index in [9.17, 15) is 23.6 Å². The van der Waals surface area contributed by atoms with E-state index in [2.05, 4.69) is 5.32 Å². The molecule has 5 aromatic rings. The highest BCUT2D eigenvalue weighted by molar-refractivity contribution is 5.95. The summed E-state index contributed by atoms with van der Waals surface area (Å²) in [5, 5.41) is 2.69. The number of nitrogens with zero attached hydrogens (tertiary/aromatic N) is 3. The van der Waals surface area contributed by atoms with E-state index in [4.69, 9.17) is 4.74 Å². The second-order valence-electron chi connectivity index (χ2n) is 11.0. The molecule has 0 spiro atoms. The molecule has 5 rings (SSSR count). The molecule has 9 nitrogen and oxygen atoms in total. The summed E-state index contributed by atoms with van der Waals surface area (Å²) >= 11 is 0. The van der Waals surface area contributed by atoms with E-state index in [-0.39, 0.29) is 49.0 Å². The van der Waals surface area contributed by atoms with Gasteiger partial charge in [0.05, 0.1) is 0 Å². The van der Waals surface area contributed by atoms with Crippen molar-refractivity contribution in [2.75, 3.05) is 13.1 Å². The van der Waals surface area contributed by atoms with E-state index >= 15 is 0 Å². The van der Waals surface area contributed by atoms with Crippen LogP contribution < -0.4 is 21.0 Å². The molecule has 0 saturated heterocycles. The van der Waals surface area contributed by atoms with Crippen LogP contribution in [0, 0.1) is 12.7 Å². The quantitative estimate of drug-likeness (QED) is 0.212. The molecule has 0 radical (unpaired) electrons. The molecule has 0 unspecified atom stereocenters. The van der Waals surface area contributed by atoms with Crippen LogP contribution in [0.25, 0.3) is 5.52 Å². The number of benzene rings is 3. The first kappa shape index (κ1) is 31.9. The summed E-state index contributed by atoms with van der Waals surface area (Å²) in [4.78, 5) is 55.8. The van der Waals surface area contributed by atoms with Gasteiger partial charge in [-0.1, -0.05) is 67.1 Å². The summed E-state index contributed by atoms with van der Waals surface area (Å²) < 4.78 is 22.1. The van der Waals surface area contributed by atoms with E-state index in [1.54, 1.807) is 23.4 Å². The molecule has 10 heteroatoms. The van der Waals surface area contributed by atoms with Crippen LogP contribution in [0.15, 0.2) is 107 Å². The first-order valence-corrected chi connectivity index (χ1v) is 15.1. The SMILES string of the molecule is CCCN(CCn1ccn2cc(C(=O)NCc3ccc(F)cc3)c(=O)c(OCc3ccccc3)c2c1=O)C(=O)c1cccc(C)c1. The number of carbonyl (C=O) groups is 2. The minimum atomic E-state index is -0.732. The maximum Gasteiger partial charge on any atom is 0.278 e. The molecule has 46 heavy (non-hydrogen) atoms. The van der Waals surface area contributed by atoms with Crippen molar-refractivity contribution in [1.29, 1.82) is 0 Å². The van der Waals surface area contributed by atoms with E-state index < -0.39 is 22.7 Å². The predicted molar refractivity (Wildman–Crippen MR) is 174 cm³/mol. The summed E-state index contributed by atoms with van der Waals surface area (Å²) in [6, 6.07) is 22.2. The number of carbonyl (C=O) groups excluding carboxylic acids is 2. The van der Waals surface area contributed by atoms with Gasteiger partial charge < -0.3 is 23.9 Å². The molecule has 0 bridgehead atoms. The lowest BCUT2D eigenvalue weighted by Gasteiger charge is -2.23. The van der Waals surface area contributed by atoms with Crippen LogP contribution >= 0.6 is 0 Å². The number of hydrogen-bond acceptors (Lipinski definition) is 5. The molecule has 3 aromatic carbocycles. The summed E-state index contributed by atoms with van der Waals surface area (Å²) in [6.45, 7) is 4.93. The molecular formula is C36H35FN4O5. The van der Waals surface area contributed by atoms with Crippen molar-refractivity contribution in [2.24, 2.45) is 0 Å². The number of aryl methyl sites for hydroxylation is 1. The Labute approximate surface area is 265 Å². The van der Waals surface area contributed by atoms with Crippen molar-refractivity contribution in [3.05, 3.63) is 152 Å². The smallest absolute Gasteiger partial charge is 0.278 e. The van der Waals surface area contributed by atoms with Crippen molar-refractivity contribution < 1.29 is 18.7 Å². The first-order chi connectivity index (χ1) is 22.2. The number of nitrogens with one attached hydrogen (secondary N) is 1. The topological polar surface area (TPSA) is 102 Å². The number of pyridine rings is 1. The minimum absolute atomic E-state index is 0.00397. The average molecular weight is 623 g/mol. The highest BCUT2D eigenvalue weighted by Gasteiger charge is 2.22. The van der Waals surface area contributed by atoms with Crippen LogP contribution in [-0.2, 0) is 19.7 Å². The molecule has 0 aliphatic rings. The standard InChI is InChI=1S/C36H35FN4O5/c1-3-16-39(35(44)28-11-7-8-25(2)21-28)17-18-40-19-20-41-23-30(34(43)38-22-26-12-14-29(37)15-13-26)32(42)33(31(41)36(40)45)46-24-27-9-5-4-6-10-27/h4-15,19-21,23H,3,16-18,22,24H2,1-2H3,(H,38,43). The van der Waals surface area contributed by atoms with E-state index in [1.807, 2.05) is 62.4 Å². The molecule has 2 amide bonds. The second-order valence-corrected chi connectivity index (χ2v) is 11.0. The highest BCUT2D eigenvalue weighted by atomic mass is 19.1. The zero-order chi connectivity index (χ0) is 32.6. The third-order valence-corrected chi connectivity index (χ3v) is 7.56. The van der Waals surface area contributed by atoms with E-state index in [0.717, 1.165) is 17.5 Å². The van der Waals surface area contributed by atoms with Gasteiger partial charge in [-0.2, -0.15) is 0 Å². The largest absolute Gasteiger partial charge is 0.483 e. The maximum absolute atomic E-state index is 13.9. The maximum atomic E-state index is 13.9. The Balaban J connectivity index is 1.47. The second kappa shape index (κ2) is 14.5. The number of fused-ring (bicyclic) bond motifs is 1. The molecule has 0 fully saturated rings. The molecule has 1 N–H and O–H groups in total. The van der Waals surface area contributed by atoms with Crippen molar-refractivity contribution in [1.82, 2.24) is 19.2 Å². The molecule has 0 atom stereocenters. The Kier molecular flexibility index (Phi) is 10.1. The molecule has 0 aliphatic heterocycles. The number of ether oxygens (including phenoxy) is 1. The number of rotatable bonds is 12. The fourth-order valence-corrected chi connectivity index (χ4v) is 5.15. The fraction of sp³-hybridized carbons (Fsp3) is 0.222. The third kappa shape index (κ3) is 7.40. The van der Waals surface area contributed by atoms with E-state index in [1.165, 1.54) is 39.4 Å². The zero-order valence-corrected chi connectivity index (χ0v) is 25.7. The lowest BCUT2D eigenvalue weighted by Crippen LogP contribution is -2.37. The van der Waals surface area contributed by atoms with Crippen LogP contribution in [0.1, 0.15) is 50.8 Å². The summed E-state index contributed by atoms with van der Waals surface area (Å²) in [5.41, 5.74) is 1.51. The van der Waals surface area contributed by atoms with Gasteiger partial charge in [-0.15, -0.1) is 0 Å². The lowest BCUT2D eigenvalue weighted by molar-refractivity contribution is 0.0749. The highest BCUT2D eigenvalue weighted by Crippen LogP contribution is 2.16. The van der Waals surface area contributed by atoms with Gasteiger partial charge in [0.25, 0.3) is 17.4 Å². The van der Waals surface area contributed by atoms with Gasteiger partial charge >= 0.3 is 0 Å². The molecule has 2 heterocycles. The number of halogens is 1. The Bertz CT molecular complexity index is 1970. The van der Waals surface area contributed by atoms with Crippen LogP contribution in [0.4, 0.5) is 4.39 Å². The zero-order valence-electron chi connectivity index (χ0n) is 25.7. The third-order valence-electron chi connectivity index (χ3n) is 7.56. The fourth-order valence-electron chi connectivity index (χ4n) is 5.15. The Hall–Kier alpha value is -5.51. The molecule has 2 aromatic heterocycles. The van der Waals surface area contributed by atoms with Crippen molar-refractivity contribution in [2.45, 2.75) is 40.0 Å². The van der Waals surface area contributed by atoms with Crippen molar-refractivity contribution in [3.8, 4) is 5.75 Å². The minimum Gasteiger partial charge on any atom is -0.483 e. The van der Waals surface area contributed by atoms with Crippen molar-refractivity contribution in [3.63, 3.8) is 0 Å². The Morgan fingerprint density at radius 1 is 0.913 bits per heavy atom. The van der Waals surface area contributed by atoms with Gasteiger partial charge in [-0.05, 0) is 48.7 Å².